The number of halogens is 1. The summed E-state index contributed by atoms with van der Waals surface area (Å²) in [6.07, 6.45) is 0.898. The Morgan fingerprint density at radius 1 is 1.43 bits per heavy atom. The second-order valence-corrected chi connectivity index (χ2v) is 5.89. The maximum absolute atomic E-state index is 12.5. The number of rotatable bonds is 2. The number of aromatic amines is 1. The van der Waals surface area contributed by atoms with Crippen LogP contribution in [-0.2, 0) is 0 Å². The molecule has 1 fully saturated rings. The number of nitrogens with one attached hydrogen (secondary N) is 1. The molecule has 5 nitrogen and oxygen atoms in total. The molecule has 0 spiro atoms. The molecule has 0 aliphatic carbocycles. The van der Waals surface area contributed by atoms with Crippen molar-refractivity contribution in [2.45, 2.75) is 26.2 Å². The van der Waals surface area contributed by atoms with E-state index in [2.05, 4.69) is 15.2 Å². The topological polar surface area (TPSA) is 61.9 Å². The summed E-state index contributed by atoms with van der Waals surface area (Å²) < 4.78 is 0. The van der Waals surface area contributed by atoms with E-state index in [4.69, 9.17) is 11.6 Å². The van der Waals surface area contributed by atoms with Gasteiger partial charge in [0.2, 0.25) is 0 Å². The van der Waals surface area contributed by atoms with Crippen molar-refractivity contribution in [2.75, 3.05) is 13.1 Å². The summed E-state index contributed by atoms with van der Waals surface area (Å²) >= 11 is 6.01. The van der Waals surface area contributed by atoms with Crippen molar-refractivity contribution >= 4 is 17.5 Å². The van der Waals surface area contributed by atoms with Crippen LogP contribution in [0.5, 0.6) is 0 Å². The number of carbonyl (C=O) groups excluding carboxylic acids is 1. The number of benzene rings is 1. The normalized spacial score (nSPS) is 18.2. The summed E-state index contributed by atoms with van der Waals surface area (Å²) in [5, 5.41) is 7.74. The van der Waals surface area contributed by atoms with E-state index in [1.165, 1.54) is 0 Å². The molecule has 1 aromatic carbocycles. The average Bonchev–Trinajstić information content (AvgIpc) is 3.09. The minimum absolute atomic E-state index is 0.0459. The highest BCUT2D eigenvalue weighted by Gasteiger charge is 2.30. The molecule has 110 valence electrons. The third-order valence-electron chi connectivity index (χ3n) is 3.86. The van der Waals surface area contributed by atoms with Gasteiger partial charge in [0, 0.05) is 29.6 Å². The predicted molar refractivity (Wildman–Crippen MR) is 80.6 cm³/mol. The molecule has 1 aromatic heterocycles. The molecule has 6 heteroatoms. The molecule has 21 heavy (non-hydrogen) atoms. The minimum atomic E-state index is 0.0459. The SMILES string of the molecule is Cc1nc(C2CCN(C(=O)c3ccc(Cl)c(C)c3)C2)n[nH]1. The number of H-pyrrole nitrogens is 1. The van der Waals surface area contributed by atoms with Gasteiger partial charge in [-0.3, -0.25) is 9.89 Å². The summed E-state index contributed by atoms with van der Waals surface area (Å²) in [5.74, 6) is 1.87. The van der Waals surface area contributed by atoms with Gasteiger partial charge in [-0.2, -0.15) is 5.10 Å². The van der Waals surface area contributed by atoms with Crippen LogP contribution in [0.2, 0.25) is 5.02 Å². The highest BCUT2D eigenvalue weighted by atomic mass is 35.5. The molecule has 1 unspecified atom stereocenters. The van der Waals surface area contributed by atoms with Crippen LogP contribution >= 0.6 is 11.6 Å². The fraction of sp³-hybridized carbons (Fsp3) is 0.400. The minimum Gasteiger partial charge on any atom is -0.338 e. The standard InChI is InChI=1S/C15H17ClN4O/c1-9-7-11(3-4-13(9)16)15(21)20-6-5-12(8-20)14-17-10(2)18-19-14/h3-4,7,12H,5-6,8H2,1-2H3,(H,17,18,19). The summed E-state index contributed by atoms with van der Waals surface area (Å²) in [6, 6.07) is 5.40. The molecule has 1 aliphatic heterocycles. The van der Waals surface area contributed by atoms with E-state index >= 15 is 0 Å². The Kier molecular flexibility index (Phi) is 3.68. The first-order valence-electron chi connectivity index (χ1n) is 6.99. The lowest BCUT2D eigenvalue weighted by molar-refractivity contribution is 0.0790. The monoisotopic (exact) mass is 304 g/mol. The van der Waals surface area contributed by atoms with Gasteiger partial charge in [-0.1, -0.05) is 11.6 Å². The first kappa shape index (κ1) is 14.1. The van der Waals surface area contributed by atoms with Crippen LogP contribution in [0.1, 0.15) is 39.9 Å². The molecule has 2 heterocycles. The number of hydrogen-bond acceptors (Lipinski definition) is 3. The quantitative estimate of drug-likeness (QED) is 0.928. The van der Waals surface area contributed by atoms with Gasteiger partial charge in [-0.15, -0.1) is 0 Å². The zero-order chi connectivity index (χ0) is 15.0. The molecule has 1 atom stereocenters. The lowest BCUT2D eigenvalue weighted by Crippen LogP contribution is -2.28. The first-order chi connectivity index (χ1) is 10.0. The Hall–Kier alpha value is -1.88. The van der Waals surface area contributed by atoms with Crippen molar-refractivity contribution in [1.82, 2.24) is 20.1 Å². The van der Waals surface area contributed by atoms with E-state index in [1.807, 2.05) is 24.8 Å². The van der Waals surface area contributed by atoms with Crippen molar-refractivity contribution < 1.29 is 4.79 Å². The van der Waals surface area contributed by atoms with Gasteiger partial charge >= 0.3 is 0 Å². The van der Waals surface area contributed by atoms with Crippen LogP contribution < -0.4 is 0 Å². The van der Waals surface area contributed by atoms with Gasteiger partial charge in [0.15, 0.2) is 5.82 Å². The number of carbonyl (C=O) groups is 1. The van der Waals surface area contributed by atoms with E-state index in [1.54, 1.807) is 12.1 Å². The van der Waals surface area contributed by atoms with Gasteiger partial charge < -0.3 is 4.90 Å². The van der Waals surface area contributed by atoms with Crippen LogP contribution in [0, 0.1) is 13.8 Å². The number of likely N-dealkylation sites (tertiary alicyclic amines) is 1. The van der Waals surface area contributed by atoms with Crippen LogP contribution in [0.15, 0.2) is 18.2 Å². The van der Waals surface area contributed by atoms with E-state index in [0.717, 1.165) is 30.2 Å². The molecular formula is C15H17ClN4O. The third-order valence-corrected chi connectivity index (χ3v) is 4.28. The molecule has 1 saturated heterocycles. The third kappa shape index (κ3) is 2.78. The average molecular weight is 305 g/mol. The molecule has 3 rings (SSSR count). The van der Waals surface area contributed by atoms with Gasteiger partial charge in [0.1, 0.15) is 5.82 Å². The molecule has 0 radical (unpaired) electrons. The Morgan fingerprint density at radius 2 is 2.24 bits per heavy atom. The van der Waals surface area contributed by atoms with Crippen LogP contribution in [0.25, 0.3) is 0 Å². The fourth-order valence-corrected chi connectivity index (χ4v) is 2.78. The van der Waals surface area contributed by atoms with E-state index < -0.39 is 0 Å². The summed E-state index contributed by atoms with van der Waals surface area (Å²) in [6.45, 7) is 5.18. The molecule has 0 saturated carbocycles. The summed E-state index contributed by atoms with van der Waals surface area (Å²) in [7, 11) is 0. The first-order valence-corrected chi connectivity index (χ1v) is 7.36. The summed E-state index contributed by atoms with van der Waals surface area (Å²) in [4.78, 5) is 18.7. The number of aryl methyl sites for hydroxylation is 2. The maximum Gasteiger partial charge on any atom is 0.253 e. The lowest BCUT2D eigenvalue weighted by atomic mass is 10.1. The Labute approximate surface area is 128 Å². The van der Waals surface area contributed by atoms with Gasteiger partial charge in [0.25, 0.3) is 5.91 Å². The van der Waals surface area contributed by atoms with Gasteiger partial charge in [-0.05, 0) is 44.0 Å². The molecule has 1 aliphatic rings. The highest BCUT2D eigenvalue weighted by molar-refractivity contribution is 6.31. The van der Waals surface area contributed by atoms with Crippen molar-refractivity contribution in [1.29, 1.82) is 0 Å². The largest absolute Gasteiger partial charge is 0.338 e. The van der Waals surface area contributed by atoms with Crippen LogP contribution in [0.3, 0.4) is 0 Å². The molecule has 0 bridgehead atoms. The molecule has 1 amide bonds. The van der Waals surface area contributed by atoms with Crippen LogP contribution in [-0.4, -0.2) is 39.1 Å². The zero-order valence-corrected chi connectivity index (χ0v) is 12.8. The van der Waals surface area contributed by atoms with Crippen molar-refractivity contribution in [3.05, 3.63) is 46.0 Å². The Morgan fingerprint density at radius 3 is 2.90 bits per heavy atom. The van der Waals surface area contributed by atoms with Crippen LogP contribution in [0.4, 0.5) is 0 Å². The second-order valence-electron chi connectivity index (χ2n) is 5.48. The molecule has 1 N–H and O–H groups in total. The van der Waals surface area contributed by atoms with Gasteiger partial charge in [-0.25, -0.2) is 4.98 Å². The number of nitrogens with zero attached hydrogens (tertiary/aromatic N) is 3. The van der Waals surface area contributed by atoms with Crippen molar-refractivity contribution in [2.24, 2.45) is 0 Å². The second kappa shape index (κ2) is 5.48. The summed E-state index contributed by atoms with van der Waals surface area (Å²) in [5.41, 5.74) is 1.60. The zero-order valence-electron chi connectivity index (χ0n) is 12.1. The number of hydrogen-bond donors (Lipinski definition) is 1. The van der Waals surface area contributed by atoms with Crippen molar-refractivity contribution in [3.63, 3.8) is 0 Å². The fourth-order valence-electron chi connectivity index (χ4n) is 2.66. The van der Waals surface area contributed by atoms with E-state index in [9.17, 15) is 4.79 Å². The lowest BCUT2D eigenvalue weighted by Gasteiger charge is -2.16. The van der Waals surface area contributed by atoms with Gasteiger partial charge in [0.05, 0.1) is 0 Å². The Bertz CT molecular complexity index is 682. The van der Waals surface area contributed by atoms with Crippen molar-refractivity contribution in [3.8, 4) is 0 Å². The van der Waals surface area contributed by atoms with E-state index in [0.29, 0.717) is 17.1 Å². The van der Waals surface area contributed by atoms with E-state index in [-0.39, 0.29) is 11.8 Å². The molecule has 2 aromatic rings. The Balaban J connectivity index is 1.73. The maximum atomic E-state index is 12.5. The number of aromatic nitrogens is 3. The smallest absolute Gasteiger partial charge is 0.253 e. The molecular weight excluding hydrogens is 288 g/mol. The predicted octanol–water partition coefficient (Wildman–Crippen LogP) is 2.70. The highest BCUT2D eigenvalue weighted by Crippen LogP contribution is 2.26. The number of amides is 1.